The van der Waals surface area contributed by atoms with E-state index in [1.165, 1.54) is 12.1 Å². The van der Waals surface area contributed by atoms with Gasteiger partial charge in [-0.15, -0.1) is 0 Å². The molecule has 0 bridgehead atoms. The van der Waals surface area contributed by atoms with Gasteiger partial charge in [0.05, 0.1) is 6.10 Å². The lowest BCUT2D eigenvalue weighted by atomic mass is 10.0. The van der Waals surface area contributed by atoms with Gasteiger partial charge in [-0.05, 0) is 25.2 Å². The molecule has 0 spiro atoms. The smallest absolute Gasteiger partial charge is 0.150 e. The molecule has 0 aliphatic rings. The fourth-order valence-electron chi connectivity index (χ4n) is 1.39. The van der Waals surface area contributed by atoms with Gasteiger partial charge in [-0.1, -0.05) is 0 Å². The highest BCUT2D eigenvalue weighted by molar-refractivity contribution is 5.75. The minimum atomic E-state index is -1.35. The van der Waals surface area contributed by atoms with Gasteiger partial charge in [0.2, 0.25) is 0 Å². The SMILES string of the molecule is CNCC(O)C(O)c1cc(C=O)ccc1F. The van der Waals surface area contributed by atoms with Gasteiger partial charge in [0.1, 0.15) is 18.2 Å². The van der Waals surface area contributed by atoms with Crippen molar-refractivity contribution in [2.45, 2.75) is 12.2 Å². The maximum Gasteiger partial charge on any atom is 0.150 e. The third-order valence-corrected chi connectivity index (χ3v) is 2.25. The Hall–Kier alpha value is -1.30. The predicted molar refractivity (Wildman–Crippen MR) is 56.7 cm³/mol. The van der Waals surface area contributed by atoms with Crippen LogP contribution >= 0.6 is 0 Å². The summed E-state index contributed by atoms with van der Waals surface area (Å²) in [6.07, 6.45) is -1.92. The second-order valence-corrected chi connectivity index (χ2v) is 3.47. The van der Waals surface area contributed by atoms with Crippen molar-refractivity contribution in [2.75, 3.05) is 13.6 Å². The number of aldehydes is 1. The number of rotatable bonds is 5. The van der Waals surface area contributed by atoms with Crippen molar-refractivity contribution < 1.29 is 19.4 Å². The van der Waals surface area contributed by atoms with Gasteiger partial charge >= 0.3 is 0 Å². The highest BCUT2D eigenvalue weighted by atomic mass is 19.1. The molecule has 0 saturated heterocycles. The van der Waals surface area contributed by atoms with Crippen molar-refractivity contribution >= 4 is 6.29 Å². The van der Waals surface area contributed by atoms with E-state index in [0.717, 1.165) is 6.07 Å². The van der Waals surface area contributed by atoms with Crippen LogP contribution in [0.25, 0.3) is 0 Å². The zero-order valence-corrected chi connectivity index (χ0v) is 8.85. The van der Waals surface area contributed by atoms with Gasteiger partial charge in [0.25, 0.3) is 0 Å². The van der Waals surface area contributed by atoms with Crippen molar-refractivity contribution in [2.24, 2.45) is 0 Å². The van der Waals surface area contributed by atoms with Crippen LogP contribution < -0.4 is 5.32 Å². The highest BCUT2D eigenvalue weighted by Crippen LogP contribution is 2.21. The number of carbonyl (C=O) groups is 1. The van der Waals surface area contributed by atoms with E-state index in [0.29, 0.717) is 6.29 Å². The quantitative estimate of drug-likeness (QED) is 0.631. The van der Waals surface area contributed by atoms with Gasteiger partial charge in [-0.2, -0.15) is 0 Å². The molecule has 0 fully saturated rings. The number of aliphatic hydroxyl groups excluding tert-OH is 2. The summed E-state index contributed by atoms with van der Waals surface area (Å²) in [5, 5.41) is 21.8. The summed E-state index contributed by atoms with van der Waals surface area (Å²) in [6.45, 7) is 0.131. The van der Waals surface area contributed by atoms with Crippen LogP contribution in [0, 0.1) is 5.82 Å². The second-order valence-electron chi connectivity index (χ2n) is 3.47. The molecule has 88 valence electrons. The fourth-order valence-corrected chi connectivity index (χ4v) is 1.39. The monoisotopic (exact) mass is 227 g/mol. The molecular formula is C11H14FNO3. The summed E-state index contributed by atoms with van der Waals surface area (Å²) < 4.78 is 13.3. The number of nitrogens with one attached hydrogen (secondary N) is 1. The molecule has 0 radical (unpaired) electrons. The average molecular weight is 227 g/mol. The van der Waals surface area contributed by atoms with Crippen LogP contribution in [-0.2, 0) is 0 Å². The Labute approximate surface area is 92.7 Å². The average Bonchev–Trinajstić information content (AvgIpc) is 2.29. The summed E-state index contributed by atoms with van der Waals surface area (Å²) in [6, 6.07) is 3.63. The van der Waals surface area contributed by atoms with Crippen LogP contribution in [0.15, 0.2) is 18.2 Å². The topological polar surface area (TPSA) is 69.6 Å². The zero-order valence-electron chi connectivity index (χ0n) is 8.85. The largest absolute Gasteiger partial charge is 0.389 e. The molecule has 2 atom stereocenters. The van der Waals surface area contributed by atoms with E-state index in [-0.39, 0.29) is 17.7 Å². The number of likely N-dealkylation sites (N-methyl/N-ethyl adjacent to an activating group) is 1. The van der Waals surface area contributed by atoms with Gasteiger partial charge in [0.15, 0.2) is 0 Å². The minimum absolute atomic E-state index is 0.0765. The molecule has 4 nitrogen and oxygen atoms in total. The maximum atomic E-state index is 13.3. The van der Waals surface area contributed by atoms with Crippen molar-refractivity contribution in [3.8, 4) is 0 Å². The van der Waals surface area contributed by atoms with Gasteiger partial charge in [-0.3, -0.25) is 4.79 Å². The minimum Gasteiger partial charge on any atom is -0.389 e. The number of halogens is 1. The summed E-state index contributed by atoms with van der Waals surface area (Å²) in [4.78, 5) is 10.5. The molecule has 16 heavy (non-hydrogen) atoms. The van der Waals surface area contributed by atoms with Crippen LogP contribution in [0.3, 0.4) is 0 Å². The molecule has 1 aromatic carbocycles. The van der Waals surface area contributed by atoms with Crippen LogP contribution in [0.4, 0.5) is 4.39 Å². The first-order chi connectivity index (χ1) is 7.60. The summed E-state index contributed by atoms with van der Waals surface area (Å²) in [5.74, 6) is -0.645. The first-order valence-electron chi connectivity index (χ1n) is 4.85. The van der Waals surface area contributed by atoms with E-state index in [1.807, 2.05) is 0 Å². The molecule has 5 heteroatoms. The Kier molecular flexibility index (Phi) is 4.54. The molecule has 3 N–H and O–H groups in total. The van der Waals surface area contributed by atoms with E-state index in [2.05, 4.69) is 5.32 Å². The molecule has 0 saturated carbocycles. The first kappa shape index (κ1) is 12.8. The van der Waals surface area contributed by atoms with Crippen LogP contribution in [-0.4, -0.2) is 36.2 Å². The van der Waals surface area contributed by atoms with E-state index in [4.69, 9.17) is 0 Å². The molecule has 1 rings (SSSR count). The molecular weight excluding hydrogens is 213 g/mol. The zero-order chi connectivity index (χ0) is 12.1. The lowest BCUT2D eigenvalue weighted by molar-refractivity contribution is 0.0181. The van der Waals surface area contributed by atoms with Crippen molar-refractivity contribution in [1.29, 1.82) is 0 Å². The first-order valence-corrected chi connectivity index (χ1v) is 4.85. The molecule has 1 aromatic rings. The van der Waals surface area contributed by atoms with Crippen LogP contribution in [0.1, 0.15) is 22.0 Å². The van der Waals surface area contributed by atoms with Gasteiger partial charge in [0, 0.05) is 17.7 Å². The second kappa shape index (κ2) is 5.69. The Morgan fingerprint density at radius 2 is 2.19 bits per heavy atom. The lowest BCUT2D eigenvalue weighted by Crippen LogP contribution is -2.30. The maximum absolute atomic E-state index is 13.3. The molecule has 0 aromatic heterocycles. The van der Waals surface area contributed by atoms with E-state index >= 15 is 0 Å². The highest BCUT2D eigenvalue weighted by Gasteiger charge is 2.21. The Morgan fingerprint density at radius 3 is 2.75 bits per heavy atom. The summed E-state index contributed by atoms with van der Waals surface area (Å²) in [7, 11) is 1.61. The molecule has 2 unspecified atom stereocenters. The van der Waals surface area contributed by atoms with Crippen molar-refractivity contribution in [3.05, 3.63) is 35.1 Å². The van der Waals surface area contributed by atoms with Gasteiger partial charge < -0.3 is 15.5 Å². The molecule has 0 heterocycles. The number of aliphatic hydroxyl groups is 2. The van der Waals surface area contributed by atoms with Crippen molar-refractivity contribution in [3.63, 3.8) is 0 Å². The van der Waals surface area contributed by atoms with Gasteiger partial charge in [-0.25, -0.2) is 4.39 Å². The summed E-state index contributed by atoms with van der Waals surface area (Å²) in [5.41, 5.74) is 0.180. The standard InChI is InChI=1S/C11H14FNO3/c1-13-5-10(15)11(16)8-4-7(6-14)2-3-9(8)12/h2-4,6,10-11,13,15-16H,5H2,1H3. The summed E-state index contributed by atoms with van der Waals surface area (Å²) >= 11 is 0. The normalized spacial score (nSPS) is 14.5. The Balaban J connectivity index is 2.97. The lowest BCUT2D eigenvalue weighted by Gasteiger charge is -2.18. The van der Waals surface area contributed by atoms with Crippen molar-refractivity contribution in [1.82, 2.24) is 5.32 Å². The van der Waals surface area contributed by atoms with Crippen LogP contribution in [0.2, 0.25) is 0 Å². The Bertz CT molecular complexity index is 370. The van der Waals surface area contributed by atoms with E-state index in [9.17, 15) is 19.4 Å². The number of hydrogen-bond acceptors (Lipinski definition) is 4. The van der Waals surface area contributed by atoms with E-state index in [1.54, 1.807) is 7.05 Å². The van der Waals surface area contributed by atoms with E-state index < -0.39 is 18.0 Å². The number of hydrogen-bond donors (Lipinski definition) is 3. The predicted octanol–water partition coefficient (Wildman–Crippen LogP) is 0.252. The molecule has 0 aliphatic carbocycles. The Morgan fingerprint density at radius 1 is 1.50 bits per heavy atom. The number of benzene rings is 1. The third-order valence-electron chi connectivity index (χ3n) is 2.25. The fraction of sp³-hybridized carbons (Fsp3) is 0.364. The third kappa shape index (κ3) is 2.85. The molecule has 0 amide bonds. The van der Waals surface area contributed by atoms with Crippen LogP contribution in [0.5, 0.6) is 0 Å². The molecule has 0 aliphatic heterocycles. The number of carbonyl (C=O) groups excluding carboxylic acids is 1.